The summed E-state index contributed by atoms with van der Waals surface area (Å²) in [5.41, 5.74) is 1.58. The van der Waals surface area contributed by atoms with Gasteiger partial charge in [0.2, 0.25) is 0 Å². The number of aliphatic carboxylic acids is 1. The molecule has 3 aliphatic carbocycles. The number of hydrogen-bond acceptors (Lipinski definition) is 1. The van der Waals surface area contributed by atoms with Gasteiger partial charge in [0, 0.05) is 0 Å². The minimum absolute atomic E-state index is 0.0974. The standard InChI is InChI=1S/C20H32O2/c1-13-7-8-15-19(4)11-6-10-18(2,3)14(19)9-12-20(15,5)16(13)17(21)22/h14-16H,1,6-12H2,2-5H3,(H,21,22). The minimum atomic E-state index is -0.644. The lowest BCUT2D eigenvalue weighted by Gasteiger charge is -2.65. The molecule has 3 saturated carbocycles. The van der Waals surface area contributed by atoms with Crippen molar-refractivity contribution < 1.29 is 9.90 Å². The van der Waals surface area contributed by atoms with E-state index in [-0.39, 0.29) is 11.3 Å². The van der Waals surface area contributed by atoms with E-state index in [1.807, 2.05) is 0 Å². The van der Waals surface area contributed by atoms with E-state index in [0.29, 0.717) is 16.7 Å². The third-order valence-corrected chi connectivity index (χ3v) is 7.91. The summed E-state index contributed by atoms with van der Waals surface area (Å²) in [6, 6.07) is 0. The summed E-state index contributed by atoms with van der Waals surface area (Å²) in [5.74, 6) is 0.293. The second-order valence-corrected chi connectivity index (χ2v) is 9.47. The molecule has 0 aromatic heterocycles. The predicted molar refractivity (Wildman–Crippen MR) is 89.6 cm³/mol. The van der Waals surface area contributed by atoms with Crippen molar-refractivity contribution >= 4 is 5.97 Å². The van der Waals surface area contributed by atoms with Crippen molar-refractivity contribution in [2.75, 3.05) is 0 Å². The van der Waals surface area contributed by atoms with Gasteiger partial charge in [0.1, 0.15) is 0 Å². The Morgan fingerprint density at radius 3 is 2.36 bits per heavy atom. The van der Waals surface area contributed by atoms with Crippen LogP contribution in [0, 0.1) is 34.0 Å². The van der Waals surface area contributed by atoms with Crippen LogP contribution in [-0.2, 0) is 4.79 Å². The molecule has 22 heavy (non-hydrogen) atoms. The Balaban J connectivity index is 2.04. The van der Waals surface area contributed by atoms with E-state index in [9.17, 15) is 9.90 Å². The summed E-state index contributed by atoms with van der Waals surface area (Å²) in [4.78, 5) is 12.0. The van der Waals surface area contributed by atoms with E-state index in [4.69, 9.17) is 0 Å². The maximum Gasteiger partial charge on any atom is 0.311 e. The van der Waals surface area contributed by atoms with Gasteiger partial charge in [0.15, 0.2) is 0 Å². The fraction of sp³-hybridized carbons (Fsp3) is 0.850. The van der Waals surface area contributed by atoms with Gasteiger partial charge in [-0.3, -0.25) is 4.79 Å². The normalized spacial score (nSPS) is 47.5. The molecule has 0 aromatic rings. The molecule has 0 spiro atoms. The molecule has 0 aromatic carbocycles. The third-order valence-electron chi connectivity index (χ3n) is 7.91. The predicted octanol–water partition coefficient (Wildman–Crippen LogP) is 5.29. The maximum absolute atomic E-state index is 12.0. The van der Waals surface area contributed by atoms with Gasteiger partial charge in [-0.05, 0) is 66.6 Å². The fourth-order valence-corrected chi connectivity index (χ4v) is 7.09. The van der Waals surface area contributed by atoms with Crippen LogP contribution >= 0.6 is 0 Å². The topological polar surface area (TPSA) is 37.3 Å². The van der Waals surface area contributed by atoms with Gasteiger partial charge in [0.05, 0.1) is 5.92 Å². The minimum Gasteiger partial charge on any atom is -0.481 e. The highest BCUT2D eigenvalue weighted by molar-refractivity contribution is 5.75. The lowest BCUT2D eigenvalue weighted by Crippen LogP contribution is -2.59. The zero-order chi connectivity index (χ0) is 16.3. The van der Waals surface area contributed by atoms with E-state index in [1.165, 1.54) is 25.7 Å². The Bertz CT molecular complexity index is 506. The third kappa shape index (κ3) is 2.02. The van der Waals surface area contributed by atoms with Crippen molar-refractivity contribution in [3.63, 3.8) is 0 Å². The Labute approximate surface area is 135 Å². The molecular formula is C20H32O2. The van der Waals surface area contributed by atoms with Crippen LogP contribution in [0.25, 0.3) is 0 Å². The smallest absolute Gasteiger partial charge is 0.311 e. The molecule has 0 radical (unpaired) electrons. The SMILES string of the molecule is C=C1CCC2C(C)(CCC3C(C)(C)CCCC32C)C1C(=O)O. The van der Waals surface area contributed by atoms with E-state index in [0.717, 1.165) is 30.8 Å². The van der Waals surface area contributed by atoms with E-state index < -0.39 is 5.97 Å². The summed E-state index contributed by atoms with van der Waals surface area (Å²) in [5, 5.41) is 9.83. The molecule has 124 valence electrons. The summed E-state index contributed by atoms with van der Waals surface area (Å²) in [6.07, 6.45) is 8.18. The zero-order valence-electron chi connectivity index (χ0n) is 14.7. The second kappa shape index (κ2) is 4.85. The second-order valence-electron chi connectivity index (χ2n) is 9.47. The highest BCUT2D eigenvalue weighted by atomic mass is 16.4. The van der Waals surface area contributed by atoms with Gasteiger partial charge in [-0.1, -0.05) is 46.3 Å². The first-order valence-corrected chi connectivity index (χ1v) is 9.03. The van der Waals surface area contributed by atoms with Gasteiger partial charge < -0.3 is 5.11 Å². The van der Waals surface area contributed by atoms with Gasteiger partial charge in [-0.2, -0.15) is 0 Å². The molecule has 0 aliphatic heterocycles. The van der Waals surface area contributed by atoms with Crippen molar-refractivity contribution in [2.45, 2.75) is 72.6 Å². The first-order chi connectivity index (χ1) is 10.1. The molecule has 3 rings (SSSR count). The van der Waals surface area contributed by atoms with Crippen molar-refractivity contribution in [2.24, 2.45) is 34.0 Å². The van der Waals surface area contributed by atoms with Crippen LogP contribution in [0.1, 0.15) is 72.6 Å². The van der Waals surface area contributed by atoms with Gasteiger partial charge >= 0.3 is 5.97 Å². The summed E-state index contributed by atoms with van der Waals surface area (Å²) in [6.45, 7) is 13.7. The lowest BCUT2D eigenvalue weighted by molar-refractivity contribution is -0.172. The lowest BCUT2D eigenvalue weighted by atomic mass is 9.39. The van der Waals surface area contributed by atoms with Crippen LogP contribution in [-0.4, -0.2) is 11.1 Å². The fourth-order valence-electron chi connectivity index (χ4n) is 7.09. The van der Waals surface area contributed by atoms with Gasteiger partial charge in [-0.25, -0.2) is 0 Å². The first kappa shape index (κ1) is 16.1. The molecule has 2 heteroatoms. The quantitative estimate of drug-likeness (QED) is 0.669. The highest BCUT2D eigenvalue weighted by Crippen LogP contribution is 2.68. The average Bonchev–Trinajstić information content (AvgIpc) is 2.35. The molecule has 5 unspecified atom stereocenters. The van der Waals surface area contributed by atoms with Crippen molar-refractivity contribution in [1.82, 2.24) is 0 Å². The van der Waals surface area contributed by atoms with Crippen LogP contribution in [0.3, 0.4) is 0 Å². The first-order valence-electron chi connectivity index (χ1n) is 9.03. The largest absolute Gasteiger partial charge is 0.481 e. The number of carboxylic acid groups (broad SMARTS) is 1. The van der Waals surface area contributed by atoms with Crippen LogP contribution in [0.4, 0.5) is 0 Å². The molecule has 0 bridgehead atoms. The highest BCUT2D eigenvalue weighted by Gasteiger charge is 2.62. The van der Waals surface area contributed by atoms with Crippen molar-refractivity contribution in [3.05, 3.63) is 12.2 Å². The average molecular weight is 304 g/mol. The maximum atomic E-state index is 12.0. The molecule has 2 nitrogen and oxygen atoms in total. The molecule has 3 aliphatic rings. The van der Waals surface area contributed by atoms with Crippen LogP contribution in [0.2, 0.25) is 0 Å². The van der Waals surface area contributed by atoms with Crippen LogP contribution < -0.4 is 0 Å². The van der Waals surface area contributed by atoms with Gasteiger partial charge in [-0.15, -0.1) is 0 Å². The Hall–Kier alpha value is -0.790. The Morgan fingerprint density at radius 1 is 1.05 bits per heavy atom. The van der Waals surface area contributed by atoms with E-state index in [2.05, 4.69) is 34.3 Å². The number of rotatable bonds is 1. The summed E-state index contributed by atoms with van der Waals surface area (Å²) < 4.78 is 0. The molecular weight excluding hydrogens is 272 g/mol. The number of carbonyl (C=O) groups is 1. The van der Waals surface area contributed by atoms with E-state index >= 15 is 0 Å². The van der Waals surface area contributed by atoms with Crippen molar-refractivity contribution in [3.8, 4) is 0 Å². The van der Waals surface area contributed by atoms with Crippen LogP contribution in [0.5, 0.6) is 0 Å². The van der Waals surface area contributed by atoms with E-state index in [1.54, 1.807) is 0 Å². The number of fused-ring (bicyclic) bond motifs is 3. The Kier molecular flexibility index (Phi) is 3.55. The monoisotopic (exact) mass is 304 g/mol. The zero-order valence-corrected chi connectivity index (χ0v) is 14.7. The molecule has 0 heterocycles. The van der Waals surface area contributed by atoms with Crippen molar-refractivity contribution in [1.29, 1.82) is 0 Å². The number of hydrogen-bond donors (Lipinski definition) is 1. The molecule has 1 N–H and O–H groups in total. The summed E-state index contributed by atoms with van der Waals surface area (Å²) >= 11 is 0. The van der Waals surface area contributed by atoms with Crippen LogP contribution in [0.15, 0.2) is 12.2 Å². The number of carboxylic acids is 1. The molecule has 0 amide bonds. The molecule has 0 saturated heterocycles. The van der Waals surface area contributed by atoms with Gasteiger partial charge in [0.25, 0.3) is 0 Å². The molecule has 3 fully saturated rings. The molecule has 5 atom stereocenters. The summed E-state index contributed by atoms with van der Waals surface area (Å²) in [7, 11) is 0. The Morgan fingerprint density at radius 2 is 1.73 bits per heavy atom.